The average molecular weight is 579 g/mol. The summed E-state index contributed by atoms with van der Waals surface area (Å²) in [6.07, 6.45) is 1.38. The zero-order valence-corrected chi connectivity index (χ0v) is 23.8. The maximum absolute atomic E-state index is 13.2. The van der Waals surface area contributed by atoms with Crippen molar-refractivity contribution in [1.29, 1.82) is 0 Å². The largest absolute Gasteiger partial charge is 0.489 e. The Hall–Kier alpha value is -5.02. The molecular weight excluding hydrogens is 544 g/mol. The normalized spacial score (nSPS) is 11.7. The van der Waals surface area contributed by atoms with Crippen molar-refractivity contribution in [3.05, 3.63) is 125 Å². The van der Waals surface area contributed by atoms with E-state index in [1.165, 1.54) is 10.8 Å². The number of Topliss-reactive ketones (excluding diaryl/α,β-unsaturated/α-hetero) is 1. The van der Waals surface area contributed by atoms with Crippen LogP contribution in [0.4, 0.5) is 4.79 Å². The quantitative estimate of drug-likeness (QED) is 0.121. The van der Waals surface area contributed by atoms with Gasteiger partial charge in [-0.2, -0.15) is 4.98 Å². The number of nitrogens with two attached hydrogens (primary N) is 1. The SMILES string of the molecule is NCCCCC(NC(=O)OCc1ccccc1)C(=O)c1noc(Cc2ccc(OCc3ccc4ccccc4c3)cc2)n1. The number of benzene rings is 4. The second kappa shape index (κ2) is 14.7. The van der Waals surface area contributed by atoms with Crippen molar-refractivity contribution >= 4 is 22.6 Å². The fourth-order valence-corrected chi connectivity index (χ4v) is 4.62. The number of ketones is 1. The molecule has 220 valence electrons. The number of carbonyl (C=O) groups is 2. The minimum atomic E-state index is -0.862. The van der Waals surface area contributed by atoms with E-state index in [2.05, 4.69) is 45.8 Å². The van der Waals surface area contributed by atoms with Gasteiger partial charge in [-0.1, -0.05) is 84.0 Å². The van der Waals surface area contributed by atoms with E-state index in [0.29, 0.717) is 44.7 Å². The number of amides is 1. The van der Waals surface area contributed by atoms with Gasteiger partial charge in [0, 0.05) is 0 Å². The number of unbranched alkanes of at least 4 members (excludes halogenated alkanes) is 1. The zero-order valence-electron chi connectivity index (χ0n) is 23.8. The van der Waals surface area contributed by atoms with Crippen LogP contribution in [-0.2, 0) is 24.4 Å². The van der Waals surface area contributed by atoms with Gasteiger partial charge in [-0.15, -0.1) is 0 Å². The molecule has 3 N–H and O–H groups in total. The first-order valence-electron chi connectivity index (χ1n) is 14.3. The van der Waals surface area contributed by atoms with E-state index in [-0.39, 0.29) is 12.4 Å². The van der Waals surface area contributed by atoms with Gasteiger partial charge < -0.3 is 25.0 Å². The van der Waals surface area contributed by atoms with Crippen LogP contribution in [0.5, 0.6) is 5.75 Å². The number of carbonyl (C=O) groups excluding carboxylic acids is 2. The maximum Gasteiger partial charge on any atom is 0.408 e. The topological polar surface area (TPSA) is 130 Å². The summed E-state index contributed by atoms with van der Waals surface area (Å²) >= 11 is 0. The minimum Gasteiger partial charge on any atom is -0.489 e. The van der Waals surface area contributed by atoms with E-state index in [9.17, 15) is 9.59 Å². The predicted molar refractivity (Wildman–Crippen MR) is 163 cm³/mol. The summed E-state index contributed by atoms with van der Waals surface area (Å²) in [5.41, 5.74) is 8.47. The molecule has 9 nitrogen and oxygen atoms in total. The Morgan fingerprint density at radius 2 is 1.56 bits per heavy atom. The molecule has 0 spiro atoms. The first-order chi connectivity index (χ1) is 21.1. The Kier molecular flexibility index (Phi) is 10.1. The summed E-state index contributed by atoms with van der Waals surface area (Å²) in [5, 5.41) is 8.92. The molecule has 0 saturated heterocycles. The van der Waals surface area contributed by atoms with Crippen LogP contribution in [0, 0.1) is 0 Å². The molecule has 0 bridgehead atoms. The van der Waals surface area contributed by atoms with Gasteiger partial charge in [-0.3, -0.25) is 4.79 Å². The van der Waals surface area contributed by atoms with Crippen LogP contribution in [0.25, 0.3) is 10.8 Å². The van der Waals surface area contributed by atoms with Crippen LogP contribution in [0.1, 0.15) is 52.5 Å². The van der Waals surface area contributed by atoms with Crippen LogP contribution < -0.4 is 15.8 Å². The molecule has 4 aromatic carbocycles. The Labute approximate surface area is 250 Å². The molecule has 5 rings (SSSR count). The lowest BCUT2D eigenvalue weighted by Crippen LogP contribution is -2.41. The summed E-state index contributed by atoms with van der Waals surface area (Å²) in [5.74, 6) is 0.497. The first kappa shape index (κ1) is 29.5. The van der Waals surface area contributed by atoms with Crippen LogP contribution in [0.15, 0.2) is 102 Å². The number of aromatic nitrogens is 2. The highest BCUT2D eigenvalue weighted by molar-refractivity contribution is 5.98. The van der Waals surface area contributed by atoms with Crippen molar-refractivity contribution in [1.82, 2.24) is 15.5 Å². The van der Waals surface area contributed by atoms with Gasteiger partial charge in [0.25, 0.3) is 0 Å². The van der Waals surface area contributed by atoms with Crippen molar-refractivity contribution in [2.24, 2.45) is 5.73 Å². The number of nitrogens with one attached hydrogen (secondary N) is 1. The molecule has 0 aliphatic carbocycles. The molecule has 0 radical (unpaired) electrons. The van der Waals surface area contributed by atoms with Crippen LogP contribution in [0.3, 0.4) is 0 Å². The molecule has 1 amide bonds. The molecule has 9 heteroatoms. The standard InChI is InChI=1S/C34H34N4O5/c35-19-7-6-12-30(36-34(40)42-22-25-8-2-1-3-9-25)32(39)33-37-31(43-38-33)21-24-14-17-29(18-15-24)41-23-26-13-16-27-10-4-5-11-28(27)20-26/h1-5,8-11,13-18,20,30H,6-7,12,19,21-23,35H2,(H,36,40). The van der Waals surface area contributed by atoms with E-state index in [1.807, 2.05) is 66.7 Å². The van der Waals surface area contributed by atoms with E-state index < -0.39 is 17.9 Å². The summed E-state index contributed by atoms with van der Waals surface area (Å²) in [6, 6.07) is 30.6. The summed E-state index contributed by atoms with van der Waals surface area (Å²) in [7, 11) is 0. The molecule has 1 aromatic heterocycles. The number of hydrogen-bond acceptors (Lipinski definition) is 8. The highest BCUT2D eigenvalue weighted by Crippen LogP contribution is 2.20. The zero-order chi connectivity index (χ0) is 29.9. The minimum absolute atomic E-state index is 0.0913. The summed E-state index contributed by atoms with van der Waals surface area (Å²) in [6.45, 7) is 1.04. The van der Waals surface area contributed by atoms with Gasteiger partial charge in [-0.05, 0) is 71.5 Å². The molecule has 1 atom stereocenters. The van der Waals surface area contributed by atoms with E-state index in [0.717, 1.165) is 22.4 Å². The fraction of sp³-hybridized carbons (Fsp3) is 0.235. The Balaban J connectivity index is 1.15. The number of fused-ring (bicyclic) bond motifs is 1. The van der Waals surface area contributed by atoms with Gasteiger partial charge >= 0.3 is 6.09 Å². The van der Waals surface area contributed by atoms with Gasteiger partial charge in [0.05, 0.1) is 12.5 Å². The Morgan fingerprint density at radius 3 is 2.35 bits per heavy atom. The third-order valence-corrected chi connectivity index (χ3v) is 6.95. The van der Waals surface area contributed by atoms with Gasteiger partial charge in [-0.25, -0.2) is 4.79 Å². The number of nitrogens with zero attached hydrogens (tertiary/aromatic N) is 2. The van der Waals surface area contributed by atoms with Crippen LogP contribution in [0.2, 0.25) is 0 Å². The van der Waals surface area contributed by atoms with Crippen molar-refractivity contribution in [3.63, 3.8) is 0 Å². The smallest absolute Gasteiger partial charge is 0.408 e. The molecular formula is C34H34N4O5. The lowest BCUT2D eigenvalue weighted by atomic mass is 10.0. The Bertz CT molecular complexity index is 1640. The molecule has 0 aliphatic rings. The highest BCUT2D eigenvalue weighted by Gasteiger charge is 2.27. The number of rotatable bonds is 14. The predicted octanol–water partition coefficient (Wildman–Crippen LogP) is 6.00. The van der Waals surface area contributed by atoms with Crippen molar-refractivity contribution < 1.29 is 23.6 Å². The third kappa shape index (κ3) is 8.50. The Morgan fingerprint density at radius 1 is 0.814 bits per heavy atom. The second-order valence-electron chi connectivity index (χ2n) is 10.2. The van der Waals surface area contributed by atoms with Gasteiger partial charge in [0.15, 0.2) is 0 Å². The summed E-state index contributed by atoms with van der Waals surface area (Å²) < 4.78 is 16.6. The molecule has 0 saturated carbocycles. The molecule has 1 heterocycles. The van der Waals surface area contributed by atoms with Crippen molar-refractivity contribution in [2.45, 2.75) is 44.9 Å². The average Bonchev–Trinajstić information content (AvgIpc) is 3.51. The fourth-order valence-electron chi connectivity index (χ4n) is 4.62. The van der Waals surface area contributed by atoms with E-state index >= 15 is 0 Å². The van der Waals surface area contributed by atoms with E-state index in [1.54, 1.807) is 0 Å². The molecule has 5 aromatic rings. The highest BCUT2D eigenvalue weighted by atomic mass is 16.5. The molecule has 43 heavy (non-hydrogen) atoms. The van der Waals surface area contributed by atoms with Crippen molar-refractivity contribution in [3.8, 4) is 5.75 Å². The maximum atomic E-state index is 13.2. The monoisotopic (exact) mass is 578 g/mol. The number of alkyl carbamates (subject to hydrolysis) is 1. The van der Waals surface area contributed by atoms with Crippen LogP contribution in [-0.4, -0.2) is 34.6 Å². The molecule has 1 unspecified atom stereocenters. The molecule has 0 aliphatic heterocycles. The summed E-state index contributed by atoms with van der Waals surface area (Å²) in [4.78, 5) is 30.0. The lowest BCUT2D eigenvalue weighted by molar-refractivity contribution is 0.0896. The second-order valence-corrected chi connectivity index (χ2v) is 10.2. The number of hydrogen-bond donors (Lipinski definition) is 2. The first-order valence-corrected chi connectivity index (χ1v) is 14.3. The third-order valence-electron chi connectivity index (χ3n) is 6.95. The number of ether oxygens (including phenoxy) is 2. The van der Waals surface area contributed by atoms with Gasteiger partial charge in [0.2, 0.25) is 17.5 Å². The molecule has 0 fully saturated rings. The van der Waals surface area contributed by atoms with Crippen molar-refractivity contribution in [2.75, 3.05) is 6.54 Å². The van der Waals surface area contributed by atoms with E-state index in [4.69, 9.17) is 19.7 Å². The van der Waals surface area contributed by atoms with Gasteiger partial charge in [0.1, 0.15) is 19.0 Å². The van der Waals surface area contributed by atoms with Crippen LogP contribution >= 0.6 is 0 Å². The lowest BCUT2D eigenvalue weighted by Gasteiger charge is -2.16.